The molecule has 0 radical (unpaired) electrons. The number of nitrogens with one attached hydrogen (secondary N) is 1. The standard InChI is InChI=1S/C18H21FN2/c1-14-11-17(7-8-18(14)19)21-10-9-20-16(13-21)12-15-5-3-2-4-6-15/h2-8,11,16,20H,9-10,12-13H2,1H3. The fourth-order valence-corrected chi connectivity index (χ4v) is 2.92. The molecule has 2 aromatic carbocycles. The van der Waals surface area contributed by atoms with Gasteiger partial charge in [-0.15, -0.1) is 0 Å². The first-order valence-corrected chi connectivity index (χ1v) is 7.51. The van der Waals surface area contributed by atoms with Crippen LogP contribution in [0.4, 0.5) is 10.1 Å². The van der Waals surface area contributed by atoms with E-state index in [0.29, 0.717) is 11.6 Å². The van der Waals surface area contributed by atoms with Gasteiger partial charge >= 0.3 is 0 Å². The molecule has 1 aliphatic heterocycles. The van der Waals surface area contributed by atoms with Crippen molar-refractivity contribution in [3.05, 3.63) is 65.5 Å². The largest absolute Gasteiger partial charge is 0.369 e. The lowest BCUT2D eigenvalue weighted by Crippen LogP contribution is -2.51. The van der Waals surface area contributed by atoms with Crippen LogP contribution in [0.5, 0.6) is 0 Å². The molecular weight excluding hydrogens is 263 g/mol. The van der Waals surface area contributed by atoms with Crippen molar-refractivity contribution in [1.82, 2.24) is 5.32 Å². The van der Waals surface area contributed by atoms with Gasteiger partial charge in [-0.2, -0.15) is 0 Å². The molecule has 1 N–H and O–H groups in total. The molecule has 2 aromatic rings. The van der Waals surface area contributed by atoms with E-state index in [-0.39, 0.29) is 5.82 Å². The van der Waals surface area contributed by atoms with Gasteiger partial charge in [-0.25, -0.2) is 4.39 Å². The minimum atomic E-state index is -0.130. The number of benzene rings is 2. The van der Waals surface area contributed by atoms with Crippen LogP contribution in [0.3, 0.4) is 0 Å². The highest BCUT2D eigenvalue weighted by molar-refractivity contribution is 5.49. The predicted octanol–water partition coefficient (Wildman–Crippen LogP) is 3.16. The summed E-state index contributed by atoms with van der Waals surface area (Å²) in [5.41, 5.74) is 3.19. The van der Waals surface area contributed by atoms with Crippen molar-refractivity contribution in [2.24, 2.45) is 0 Å². The van der Waals surface area contributed by atoms with E-state index in [0.717, 1.165) is 31.7 Å². The molecule has 0 amide bonds. The lowest BCUT2D eigenvalue weighted by molar-refractivity contribution is 0.454. The van der Waals surface area contributed by atoms with Crippen molar-refractivity contribution in [2.75, 3.05) is 24.5 Å². The molecule has 2 nitrogen and oxygen atoms in total. The molecule has 0 aromatic heterocycles. The number of hydrogen-bond acceptors (Lipinski definition) is 2. The molecule has 1 saturated heterocycles. The Hall–Kier alpha value is -1.87. The van der Waals surface area contributed by atoms with Crippen LogP contribution in [-0.2, 0) is 6.42 Å². The first-order valence-electron chi connectivity index (χ1n) is 7.51. The summed E-state index contributed by atoms with van der Waals surface area (Å²) in [4.78, 5) is 2.34. The van der Waals surface area contributed by atoms with E-state index in [2.05, 4.69) is 34.5 Å². The average molecular weight is 284 g/mol. The molecule has 1 atom stereocenters. The Morgan fingerprint density at radius 3 is 2.76 bits per heavy atom. The third-order valence-corrected chi connectivity index (χ3v) is 4.09. The SMILES string of the molecule is Cc1cc(N2CCNC(Cc3ccccc3)C2)ccc1F. The molecule has 3 rings (SSSR count). The Morgan fingerprint density at radius 1 is 1.19 bits per heavy atom. The van der Waals surface area contributed by atoms with Crippen molar-refractivity contribution in [3.8, 4) is 0 Å². The summed E-state index contributed by atoms with van der Waals surface area (Å²) < 4.78 is 13.4. The smallest absolute Gasteiger partial charge is 0.126 e. The third-order valence-electron chi connectivity index (χ3n) is 4.09. The van der Waals surface area contributed by atoms with Crippen LogP contribution in [0, 0.1) is 12.7 Å². The number of piperazine rings is 1. The zero-order chi connectivity index (χ0) is 14.7. The van der Waals surface area contributed by atoms with Gasteiger partial charge in [0.05, 0.1) is 0 Å². The van der Waals surface area contributed by atoms with E-state index < -0.39 is 0 Å². The van der Waals surface area contributed by atoms with E-state index >= 15 is 0 Å². The van der Waals surface area contributed by atoms with Crippen LogP contribution in [0.25, 0.3) is 0 Å². The van der Waals surface area contributed by atoms with Crippen LogP contribution < -0.4 is 10.2 Å². The van der Waals surface area contributed by atoms with E-state index in [9.17, 15) is 4.39 Å². The van der Waals surface area contributed by atoms with Gasteiger partial charge in [0, 0.05) is 31.4 Å². The normalized spacial score (nSPS) is 18.8. The molecule has 1 unspecified atom stereocenters. The number of nitrogens with zero attached hydrogens (tertiary/aromatic N) is 1. The minimum absolute atomic E-state index is 0.130. The van der Waals surface area contributed by atoms with Gasteiger partial charge in [0.1, 0.15) is 5.82 Å². The molecule has 3 heteroatoms. The lowest BCUT2D eigenvalue weighted by atomic mass is 10.0. The van der Waals surface area contributed by atoms with Gasteiger partial charge in [0.25, 0.3) is 0 Å². The van der Waals surface area contributed by atoms with E-state index in [1.54, 1.807) is 6.07 Å². The fourth-order valence-electron chi connectivity index (χ4n) is 2.92. The van der Waals surface area contributed by atoms with Gasteiger partial charge in [-0.3, -0.25) is 0 Å². The summed E-state index contributed by atoms with van der Waals surface area (Å²) in [6.07, 6.45) is 1.03. The van der Waals surface area contributed by atoms with Gasteiger partial charge in [-0.1, -0.05) is 30.3 Å². The molecule has 1 fully saturated rings. The van der Waals surface area contributed by atoms with Crippen LogP contribution in [0.15, 0.2) is 48.5 Å². The van der Waals surface area contributed by atoms with Crippen LogP contribution in [0.2, 0.25) is 0 Å². The predicted molar refractivity (Wildman–Crippen MR) is 85.3 cm³/mol. The van der Waals surface area contributed by atoms with Crippen molar-refractivity contribution in [2.45, 2.75) is 19.4 Å². The van der Waals surface area contributed by atoms with Crippen LogP contribution in [-0.4, -0.2) is 25.7 Å². The number of aryl methyl sites for hydroxylation is 1. The minimum Gasteiger partial charge on any atom is -0.369 e. The monoisotopic (exact) mass is 284 g/mol. The van der Waals surface area contributed by atoms with Crippen molar-refractivity contribution in [3.63, 3.8) is 0 Å². The molecule has 1 heterocycles. The zero-order valence-corrected chi connectivity index (χ0v) is 12.3. The number of anilines is 1. The molecule has 0 saturated carbocycles. The number of halogens is 1. The third kappa shape index (κ3) is 3.42. The Kier molecular flexibility index (Phi) is 4.20. The second kappa shape index (κ2) is 6.27. The molecule has 110 valence electrons. The van der Waals surface area contributed by atoms with Crippen LogP contribution in [0.1, 0.15) is 11.1 Å². The molecule has 0 spiro atoms. The molecule has 21 heavy (non-hydrogen) atoms. The van der Waals surface area contributed by atoms with E-state index in [4.69, 9.17) is 0 Å². The maximum atomic E-state index is 13.4. The van der Waals surface area contributed by atoms with Gasteiger partial charge in [0.15, 0.2) is 0 Å². The summed E-state index contributed by atoms with van der Waals surface area (Å²) in [5.74, 6) is -0.130. The highest BCUT2D eigenvalue weighted by Crippen LogP contribution is 2.20. The van der Waals surface area contributed by atoms with E-state index in [1.807, 2.05) is 25.1 Å². The highest BCUT2D eigenvalue weighted by Gasteiger charge is 2.20. The highest BCUT2D eigenvalue weighted by atomic mass is 19.1. The maximum absolute atomic E-state index is 13.4. The van der Waals surface area contributed by atoms with Crippen molar-refractivity contribution in [1.29, 1.82) is 0 Å². The van der Waals surface area contributed by atoms with Gasteiger partial charge in [-0.05, 0) is 42.7 Å². The average Bonchev–Trinajstić information content (AvgIpc) is 2.51. The van der Waals surface area contributed by atoms with Crippen LogP contribution >= 0.6 is 0 Å². The summed E-state index contributed by atoms with van der Waals surface area (Å²) in [6, 6.07) is 16.4. The lowest BCUT2D eigenvalue weighted by Gasteiger charge is -2.35. The summed E-state index contributed by atoms with van der Waals surface area (Å²) in [6.45, 7) is 4.72. The summed E-state index contributed by atoms with van der Waals surface area (Å²) >= 11 is 0. The fraction of sp³-hybridized carbons (Fsp3) is 0.333. The topological polar surface area (TPSA) is 15.3 Å². The van der Waals surface area contributed by atoms with Crippen molar-refractivity contribution >= 4 is 5.69 Å². The Morgan fingerprint density at radius 2 is 2.00 bits per heavy atom. The molecule has 0 bridgehead atoms. The Bertz CT molecular complexity index is 597. The number of rotatable bonds is 3. The van der Waals surface area contributed by atoms with Crippen molar-refractivity contribution < 1.29 is 4.39 Å². The maximum Gasteiger partial charge on any atom is 0.126 e. The Labute approximate surface area is 125 Å². The summed E-state index contributed by atoms with van der Waals surface area (Å²) in [5, 5.41) is 3.58. The second-order valence-electron chi connectivity index (χ2n) is 5.72. The molecular formula is C18H21FN2. The van der Waals surface area contributed by atoms with Gasteiger partial charge in [0.2, 0.25) is 0 Å². The molecule has 0 aliphatic carbocycles. The quantitative estimate of drug-likeness (QED) is 0.931. The first-order chi connectivity index (χ1) is 10.2. The Balaban J connectivity index is 1.69. The second-order valence-corrected chi connectivity index (χ2v) is 5.72. The molecule has 1 aliphatic rings. The number of hydrogen-bond donors (Lipinski definition) is 1. The summed E-state index contributed by atoms with van der Waals surface area (Å²) in [7, 11) is 0. The van der Waals surface area contributed by atoms with Gasteiger partial charge < -0.3 is 10.2 Å². The zero-order valence-electron chi connectivity index (χ0n) is 12.3. The first kappa shape index (κ1) is 14.1. The van der Waals surface area contributed by atoms with E-state index in [1.165, 1.54) is 5.56 Å².